The standard InChI is InChI=1S/C14H9ClN2O2S/c15-11-5-9(14(18)19)7-13(17-11)20-12-6-8-3-1-2-4-10(8)16-12/h1-7,16H,(H,18,19). The van der Waals surface area contributed by atoms with E-state index in [2.05, 4.69) is 9.97 Å². The number of hydrogen-bond acceptors (Lipinski definition) is 3. The highest BCUT2D eigenvalue weighted by Gasteiger charge is 2.10. The topological polar surface area (TPSA) is 66.0 Å². The SMILES string of the molecule is O=C(O)c1cc(Cl)nc(Sc2cc3ccccc3[nH]2)c1. The molecular formula is C14H9ClN2O2S. The molecule has 6 heteroatoms. The number of aromatic amines is 1. The van der Waals surface area contributed by atoms with Crippen molar-refractivity contribution in [3.63, 3.8) is 0 Å². The van der Waals surface area contributed by atoms with Crippen LogP contribution >= 0.6 is 23.4 Å². The van der Waals surface area contributed by atoms with Crippen LogP contribution in [0.4, 0.5) is 0 Å². The van der Waals surface area contributed by atoms with Crippen LogP contribution in [0.5, 0.6) is 0 Å². The number of rotatable bonds is 3. The van der Waals surface area contributed by atoms with Crippen LogP contribution in [0, 0.1) is 0 Å². The van der Waals surface area contributed by atoms with Crippen molar-refractivity contribution in [1.29, 1.82) is 0 Å². The summed E-state index contributed by atoms with van der Waals surface area (Å²) >= 11 is 7.19. The van der Waals surface area contributed by atoms with Gasteiger partial charge >= 0.3 is 5.97 Å². The highest BCUT2D eigenvalue weighted by Crippen LogP contribution is 2.30. The number of carboxylic acid groups (broad SMARTS) is 1. The zero-order valence-electron chi connectivity index (χ0n) is 10.1. The Bertz CT molecular complexity index is 768. The number of aromatic carboxylic acids is 1. The molecular weight excluding hydrogens is 296 g/mol. The zero-order valence-corrected chi connectivity index (χ0v) is 11.7. The van der Waals surface area contributed by atoms with Gasteiger partial charge in [0.2, 0.25) is 0 Å². The molecule has 100 valence electrons. The number of H-pyrrole nitrogens is 1. The van der Waals surface area contributed by atoms with E-state index in [1.54, 1.807) is 0 Å². The molecule has 2 N–H and O–H groups in total. The van der Waals surface area contributed by atoms with Gasteiger partial charge in [-0.2, -0.15) is 0 Å². The molecule has 2 aromatic heterocycles. The number of pyridine rings is 1. The summed E-state index contributed by atoms with van der Waals surface area (Å²) in [5.41, 5.74) is 1.15. The van der Waals surface area contributed by atoms with Crippen LogP contribution in [0.15, 0.2) is 52.5 Å². The minimum Gasteiger partial charge on any atom is -0.478 e. The number of halogens is 1. The lowest BCUT2D eigenvalue weighted by Crippen LogP contribution is -1.97. The molecule has 1 aromatic carbocycles. The molecule has 0 saturated carbocycles. The van der Waals surface area contributed by atoms with Gasteiger partial charge in [0.1, 0.15) is 10.2 Å². The van der Waals surface area contributed by atoms with Gasteiger partial charge in [0.15, 0.2) is 0 Å². The number of carbonyl (C=O) groups is 1. The second-order valence-electron chi connectivity index (χ2n) is 4.14. The third-order valence-corrected chi connectivity index (χ3v) is 3.79. The van der Waals surface area contributed by atoms with E-state index in [0.29, 0.717) is 5.03 Å². The summed E-state index contributed by atoms with van der Waals surface area (Å²) in [5, 5.41) is 11.7. The largest absolute Gasteiger partial charge is 0.478 e. The van der Waals surface area contributed by atoms with Crippen LogP contribution in [-0.2, 0) is 0 Å². The van der Waals surface area contributed by atoms with Gasteiger partial charge in [-0.1, -0.05) is 41.6 Å². The predicted molar refractivity (Wildman–Crippen MR) is 78.6 cm³/mol. The molecule has 0 saturated heterocycles. The number of nitrogens with zero attached hydrogens (tertiary/aromatic N) is 1. The summed E-state index contributed by atoms with van der Waals surface area (Å²) in [6.07, 6.45) is 0. The molecule has 0 radical (unpaired) electrons. The monoisotopic (exact) mass is 304 g/mol. The maximum Gasteiger partial charge on any atom is 0.335 e. The van der Waals surface area contributed by atoms with E-state index in [9.17, 15) is 4.79 Å². The third kappa shape index (κ3) is 2.64. The smallest absolute Gasteiger partial charge is 0.335 e. The summed E-state index contributed by atoms with van der Waals surface area (Å²) in [6, 6.07) is 12.7. The van der Waals surface area contributed by atoms with Crippen LogP contribution in [0.2, 0.25) is 5.15 Å². The van der Waals surface area contributed by atoms with Crippen molar-refractivity contribution in [2.45, 2.75) is 10.1 Å². The Kier molecular flexibility index (Phi) is 3.38. The van der Waals surface area contributed by atoms with E-state index in [0.717, 1.165) is 15.9 Å². The summed E-state index contributed by atoms with van der Waals surface area (Å²) in [4.78, 5) is 18.4. The van der Waals surface area contributed by atoms with Gasteiger partial charge in [0.25, 0.3) is 0 Å². The predicted octanol–water partition coefficient (Wildman–Crippen LogP) is 4.07. The number of benzene rings is 1. The van der Waals surface area contributed by atoms with Crippen molar-refractivity contribution < 1.29 is 9.90 Å². The summed E-state index contributed by atoms with van der Waals surface area (Å²) < 4.78 is 0. The van der Waals surface area contributed by atoms with Gasteiger partial charge < -0.3 is 10.1 Å². The average Bonchev–Trinajstić information content (AvgIpc) is 2.79. The molecule has 20 heavy (non-hydrogen) atoms. The molecule has 0 spiro atoms. The highest BCUT2D eigenvalue weighted by atomic mass is 35.5. The maximum atomic E-state index is 11.0. The Morgan fingerprint density at radius 3 is 2.80 bits per heavy atom. The van der Waals surface area contributed by atoms with Gasteiger partial charge in [-0.15, -0.1) is 0 Å². The number of carboxylic acids is 1. The average molecular weight is 305 g/mol. The van der Waals surface area contributed by atoms with Gasteiger partial charge in [0, 0.05) is 10.9 Å². The number of para-hydroxylation sites is 1. The van der Waals surface area contributed by atoms with Crippen molar-refractivity contribution in [2.24, 2.45) is 0 Å². The minimum absolute atomic E-state index is 0.128. The number of aromatic nitrogens is 2. The summed E-state index contributed by atoms with van der Waals surface area (Å²) in [7, 11) is 0. The molecule has 2 heterocycles. The first kappa shape index (κ1) is 13.0. The Morgan fingerprint density at radius 2 is 2.05 bits per heavy atom. The van der Waals surface area contributed by atoms with E-state index in [1.807, 2.05) is 30.3 Å². The molecule has 0 aliphatic carbocycles. The van der Waals surface area contributed by atoms with Gasteiger partial charge in [-0.05, 0) is 24.3 Å². The van der Waals surface area contributed by atoms with Gasteiger partial charge in [-0.3, -0.25) is 0 Å². The third-order valence-electron chi connectivity index (χ3n) is 2.74. The lowest BCUT2D eigenvalue weighted by Gasteiger charge is -2.01. The first-order valence-corrected chi connectivity index (χ1v) is 6.98. The number of nitrogens with one attached hydrogen (secondary N) is 1. The van der Waals surface area contributed by atoms with Gasteiger partial charge in [0.05, 0.1) is 10.6 Å². The van der Waals surface area contributed by atoms with E-state index in [4.69, 9.17) is 16.7 Å². The molecule has 4 nitrogen and oxygen atoms in total. The second-order valence-corrected chi connectivity index (χ2v) is 5.59. The quantitative estimate of drug-likeness (QED) is 0.716. The van der Waals surface area contributed by atoms with Crippen LogP contribution in [0.3, 0.4) is 0 Å². The van der Waals surface area contributed by atoms with Crippen LogP contribution < -0.4 is 0 Å². The molecule has 0 aliphatic heterocycles. The molecule has 0 aliphatic rings. The fraction of sp³-hybridized carbons (Fsp3) is 0. The first-order valence-electron chi connectivity index (χ1n) is 5.78. The van der Waals surface area contributed by atoms with Crippen LogP contribution in [0.1, 0.15) is 10.4 Å². The fourth-order valence-electron chi connectivity index (χ4n) is 1.86. The van der Waals surface area contributed by atoms with E-state index in [1.165, 1.54) is 23.9 Å². The molecule has 0 fully saturated rings. The Morgan fingerprint density at radius 1 is 1.25 bits per heavy atom. The minimum atomic E-state index is -1.02. The lowest BCUT2D eigenvalue weighted by atomic mass is 10.3. The zero-order chi connectivity index (χ0) is 14.1. The number of hydrogen-bond donors (Lipinski definition) is 2. The van der Waals surface area contributed by atoms with Crippen molar-refractivity contribution in [2.75, 3.05) is 0 Å². The van der Waals surface area contributed by atoms with Crippen molar-refractivity contribution in [1.82, 2.24) is 9.97 Å². The van der Waals surface area contributed by atoms with Crippen molar-refractivity contribution >= 4 is 40.2 Å². The Balaban J connectivity index is 1.96. The molecule has 3 rings (SSSR count). The van der Waals surface area contributed by atoms with Gasteiger partial charge in [-0.25, -0.2) is 9.78 Å². The summed E-state index contributed by atoms with van der Waals surface area (Å²) in [5.74, 6) is -1.02. The number of fused-ring (bicyclic) bond motifs is 1. The maximum absolute atomic E-state index is 11.0. The summed E-state index contributed by atoms with van der Waals surface area (Å²) in [6.45, 7) is 0. The van der Waals surface area contributed by atoms with Crippen LogP contribution in [0.25, 0.3) is 10.9 Å². The molecule has 0 unspecified atom stereocenters. The van der Waals surface area contributed by atoms with Crippen LogP contribution in [-0.4, -0.2) is 21.0 Å². The lowest BCUT2D eigenvalue weighted by molar-refractivity contribution is 0.0696. The molecule has 0 amide bonds. The second kappa shape index (κ2) is 5.19. The van der Waals surface area contributed by atoms with E-state index < -0.39 is 5.97 Å². The van der Waals surface area contributed by atoms with E-state index >= 15 is 0 Å². The highest BCUT2D eigenvalue weighted by molar-refractivity contribution is 7.99. The molecule has 0 atom stereocenters. The van der Waals surface area contributed by atoms with Crippen molar-refractivity contribution in [3.8, 4) is 0 Å². The van der Waals surface area contributed by atoms with Crippen molar-refractivity contribution in [3.05, 3.63) is 53.2 Å². The molecule has 3 aromatic rings. The van der Waals surface area contributed by atoms with E-state index in [-0.39, 0.29) is 10.7 Å². The molecule has 0 bridgehead atoms. The first-order chi connectivity index (χ1) is 9.61. The Hall–Kier alpha value is -1.98. The fourth-order valence-corrected chi connectivity index (χ4v) is 3.02. The Labute approximate surface area is 123 Å². The normalized spacial score (nSPS) is 10.8.